The second-order valence-corrected chi connectivity index (χ2v) is 16.0. The van der Waals surface area contributed by atoms with Crippen LogP contribution in [0.1, 0.15) is 56.1 Å². The molecule has 52 heavy (non-hydrogen) atoms. The molecule has 2 aromatic carbocycles. The number of ketones is 3. The maximum absolute atomic E-state index is 13.6. The van der Waals surface area contributed by atoms with E-state index >= 15 is 0 Å². The Hall–Kier alpha value is -3.62. The van der Waals surface area contributed by atoms with Gasteiger partial charge in [-0.3, -0.25) is 47.7 Å². The molecule has 3 bridgehead atoms. The molecule has 3 unspecified atom stereocenters. The van der Waals surface area contributed by atoms with Gasteiger partial charge >= 0.3 is 19.8 Å². The Morgan fingerprint density at radius 3 is 1.92 bits per heavy atom. The summed E-state index contributed by atoms with van der Waals surface area (Å²) in [5.74, 6) is -3.06. The first-order valence-corrected chi connectivity index (χ1v) is 19.3. The van der Waals surface area contributed by atoms with Crippen molar-refractivity contribution >= 4 is 37.1 Å². The number of nitrogens with zero attached hydrogens (tertiary/aromatic N) is 3. The molecule has 14 nitrogen and oxygen atoms in total. The summed E-state index contributed by atoms with van der Waals surface area (Å²) in [5, 5.41) is 9.82. The number of benzene rings is 2. The van der Waals surface area contributed by atoms with Crippen LogP contribution in [-0.4, -0.2) is 131 Å². The predicted octanol–water partition coefficient (Wildman–Crippen LogP) is 2.61. The van der Waals surface area contributed by atoms with Gasteiger partial charge in [0.1, 0.15) is 5.60 Å². The lowest BCUT2D eigenvalue weighted by atomic mass is 9.65. The molecule has 1 saturated carbocycles. The van der Waals surface area contributed by atoms with Gasteiger partial charge in [-0.05, 0) is 36.8 Å². The third-order valence-electron chi connectivity index (χ3n) is 10.6. The number of rotatable bonds is 9. The summed E-state index contributed by atoms with van der Waals surface area (Å²) in [6.45, 7) is -1.45. The smallest absolute Gasteiger partial charge is 0.472 e. The maximum Gasteiger partial charge on any atom is 0.472 e. The van der Waals surface area contributed by atoms with Crippen molar-refractivity contribution in [2.45, 2.75) is 68.1 Å². The van der Waals surface area contributed by atoms with Crippen LogP contribution in [0.2, 0.25) is 0 Å². The quantitative estimate of drug-likeness (QED) is 0.283. The lowest BCUT2D eigenvalue weighted by Crippen LogP contribution is -2.53. The van der Waals surface area contributed by atoms with E-state index in [2.05, 4.69) is 24.3 Å². The van der Waals surface area contributed by atoms with Crippen molar-refractivity contribution in [2.75, 3.05) is 59.0 Å². The standard InChI is InChI=1S/C37H46N3O11P/c41-30-17-36-18-31(42)22-39(25-35(46)50-36)16-15-38(21-30)20-29(40(24-34(44)45)23-32(43)19-36)26-49-52(47,48)51-33-11-13-37(14-12-33,27-7-3-1-4-8-27)28-9-5-2-6-10-28/h1-10,29,33H,11-26H2,(H,44,45)(H,47,48)/t29-,36+/m1/s1. The van der Waals surface area contributed by atoms with Crippen molar-refractivity contribution in [3.05, 3.63) is 71.8 Å². The van der Waals surface area contributed by atoms with E-state index in [1.807, 2.05) is 36.4 Å². The Kier molecular flexibility index (Phi) is 11.9. The van der Waals surface area contributed by atoms with Gasteiger partial charge in [0, 0.05) is 50.4 Å². The molecule has 15 heteroatoms. The van der Waals surface area contributed by atoms with Gasteiger partial charge in [-0.1, -0.05) is 60.7 Å². The zero-order chi connectivity index (χ0) is 36.9. The van der Waals surface area contributed by atoms with Crippen LogP contribution >= 0.6 is 7.82 Å². The number of Topliss-reactive ketones (excluding diaryl/α,β-unsaturated/α-hetero) is 3. The third kappa shape index (κ3) is 9.48. The average Bonchev–Trinajstić information content (AvgIpc) is 3.12. The molecule has 4 aliphatic heterocycles. The van der Waals surface area contributed by atoms with E-state index in [4.69, 9.17) is 13.8 Å². The molecule has 0 amide bonds. The molecular weight excluding hydrogens is 693 g/mol. The highest BCUT2D eigenvalue weighted by Gasteiger charge is 2.45. The first-order chi connectivity index (χ1) is 24.8. The molecule has 0 aromatic heterocycles. The molecule has 5 aliphatic rings. The number of carbonyl (C=O) groups excluding carboxylic acids is 4. The van der Waals surface area contributed by atoms with Crippen LogP contribution < -0.4 is 0 Å². The van der Waals surface area contributed by atoms with Crippen molar-refractivity contribution in [2.24, 2.45) is 0 Å². The van der Waals surface area contributed by atoms with Gasteiger partial charge in [-0.25, -0.2) is 4.57 Å². The SMILES string of the molecule is O=C(O)CN1CC(=O)C[C@@]23CC(=O)CN(CCN(CC(=O)C2)C[C@@H]1COP(=O)(O)OC1CCC(c2ccccc2)(c2ccccc2)CC1)CC(=O)O3. The number of phosphoric acid groups is 1. The first kappa shape index (κ1) is 38.1. The minimum atomic E-state index is -4.68. The number of carboxylic acid groups (broad SMARTS) is 1. The number of ether oxygens (including phenoxy) is 1. The monoisotopic (exact) mass is 739 g/mol. The molecule has 7 rings (SSSR count). The van der Waals surface area contributed by atoms with Gasteiger partial charge in [-0.15, -0.1) is 0 Å². The Morgan fingerprint density at radius 2 is 1.35 bits per heavy atom. The van der Waals surface area contributed by atoms with Crippen molar-refractivity contribution in [1.82, 2.24) is 14.7 Å². The third-order valence-corrected chi connectivity index (χ3v) is 11.7. The maximum atomic E-state index is 13.6. The van der Waals surface area contributed by atoms with Crippen molar-refractivity contribution in [3.63, 3.8) is 0 Å². The van der Waals surface area contributed by atoms with E-state index in [1.165, 1.54) is 4.90 Å². The van der Waals surface area contributed by atoms with Crippen molar-refractivity contribution < 1.29 is 52.3 Å². The van der Waals surface area contributed by atoms with Gasteiger partial charge in [0.15, 0.2) is 17.3 Å². The van der Waals surface area contributed by atoms with E-state index in [1.54, 1.807) is 9.80 Å². The minimum absolute atomic E-state index is 0.00398. The summed E-state index contributed by atoms with van der Waals surface area (Å²) >= 11 is 0. The molecule has 5 atom stereocenters. The fourth-order valence-corrected chi connectivity index (χ4v) is 9.37. The lowest BCUT2D eigenvalue weighted by molar-refractivity contribution is -0.169. The summed E-state index contributed by atoms with van der Waals surface area (Å²) in [4.78, 5) is 80.6. The summed E-state index contributed by atoms with van der Waals surface area (Å²) < 4.78 is 30.5. The molecule has 2 N–H and O–H groups in total. The van der Waals surface area contributed by atoms with Gasteiger partial charge in [0.25, 0.3) is 0 Å². The van der Waals surface area contributed by atoms with E-state index in [9.17, 15) is 38.5 Å². The molecule has 5 fully saturated rings. The van der Waals surface area contributed by atoms with Crippen molar-refractivity contribution in [1.29, 1.82) is 0 Å². The van der Waals surface area contributed by atoms with Crippen LogP contribution in [0.5, 0.6) is 0 Å². The van der Waals surface area contributed by atoms with E-state index < -0.39 is 69.4 Å². The van der Waals surface area contributed by atoms with Crippen LogP contribution in [0.4, 0.5) is 0 Å². The molecule has 1 spiro atoms. The van der Waals surface area contributed by atoms with Gasteiger partial charge in [-0.2, -0.15) is 0 Å². The summed E-state index contributed by atoms with van der Waals surface area (Å²) in [6.07, 6.45) is 0.624. The molecule has 0 radical (unpaired) electrons. The number of fused-ring (bicyclic) bond motifs is 5. The Morgan fingerprint density at radius 1 is 0.808 bits per heavy atom. The molecule has 280 valence electrons. The van der Waals surface area contributed by atoms with Crippen LogP contribution in [-0.2, 0) is 47.7 Å². The Labute approximate surface area is 302 Å². The number of hydrogen-bond donors (Lipinski definition) is 2. The van der Waals surface area contributed by atoms with Crippen LogP contribution in [0.25, 0.3) is 0 Å². The van der Waals surface area contributed by atoms with E-state index in [0.717, 1.165) is 11.1 Å². The van der Waals surface area contributed by atoms with E-state index in [0.29, 0.717) is 25.7 Å². The zero-order valence-electron chi connectivity index (χ0n) is 29.1. The second kappa shape index (κ2) is 16.2. The summed E-state index contributed by atoms with van der Waals surface area (Å²) in [7, 11) is -4.68. The second-order valence-electron chi connectivity index (χ2n) is 14.6. The number of hydrogen-bond acceptors (Lipinski definition) is 12. The highest BCUT2D eigenvalue weighted by atomic mass is 31.2. The fourth-order valence-electron chi connectivity index (χ4n) is 8.36. The molecule has 2 aromatic rings. The minimum Gasteiger partial charge on any atom is -0.480 e. The highest BCUT2D eigenvalue weighted by molar-refractivity contribution is 7.47. The molecule has 1 aliphatic carbocycles. The Bertz CT molecular complexity index is 1620. The summed E-state index contributed by atoms with van der Waals surface area (Å²) in [6, 6.07) is 19.4. The van der Waals surface area contributed by atoms with Crippen molar-refractivity contribution in [3.8, 4) is 0 Å². The number of carbonyl (C=O) groups is 5. The van der Waals surface area contributed by atoms with E-state index in [-0.39, 0.29) is 69.1 Å². The number of carboxylic acids is 1. The Balaban J connectivity index is 1.19. The molecule has 4 saturated heterocycles. The number of phosphoric ester groups is 1. The lowest BCUT2D eigenvalue weighted by Gasteiger charge is -2.41. The normalized spacial score (nSPS) is 29.1. The zero-order valence-corrected chi connectivity index (χ0v) is 30.0. The number of aliphatic carboxylic acids is 1. The van der Waals surface area contributed by atoms with Crippen LogP contribution in [0.15, 0.2) is 60.7 Å². The van der Waals surface area contributed by atoms with Gasteiger partial charge < -0.3 is 14.7 Å². The summed E-state index contributed by atoms with van der Waals surface area (Å²) in [5.41, 5.74) is 0.353. The molecular formula is C37H46N3O11P. The highest BCUT2D eigenvalue weighted by Crippen LogP contribution is 2.51. The topological polar surface area (TPSA) is 180 Å². The first-order valence-electron chi connectivity index (χ1n) is 17.8. The van der Waals surface area contributed by atoms with Gasteiger partial charge in [0.05, 0.1) is 45.4 Å². The van der Waals surface area contributed by atoms with Gasteiger partial charge in [0.2, 0.25) is 0 Å². The fraction of sp³-hybridized carbons (Fsp3) is 0.541. The van der Waals surface area contributed by atoms with Crippen LogP contribution in [0.3, 0.4) is 0 Å². The largest absolute Gasteiger partial charge is 0.480 e. The molecule has 4 heterocycles. The predicted molar refractivity (Wildman–Crippen MR) is 186 cm³/mol. The number of esters is 1. The average molecular weight is 740 g/mol. The van der Waals surface area contributed by atoms with Crippen LogP contribution in [0, 0.1) is 0 Å².